The van der Waals surface area contributed by atoms with Gasteiger partial charge in [-0.3, -0.25) is 0 Å². The second kappa shape index (κ2) is 4.24. The molecule has 17 heavy (non-hydrogen) atoms. The number of nitrogens with zero attached hydrogens (tertiary/aromatic N) is 1. The van der Waals surface area contributed by atoms with Crippen LogP contribution in [0.15, 0.2) is 0 Å². The molecular formula is C15H27NO. The monoisotopic (exact) mass is 237 g/mol. The molecule has 0 heterocycles. The van der Waals surface area contributed by atoms with Crippen LogP contribution in [0.5, 0.6) is 0 Å². The van der Waals surface area contributed by atoms with Gasteiger partial charge < -0.3 is 10.0 Å². The van der Waals surface area contributed by atoms with E-state index in [2.05, 4.69) is 19.0 Å². The summed E-state index contributed by atoms with van der Waals surface area (Å²) in [4.78, 5) is 2.27. The van der Waals surface area contributed by atoms with Gasteiger partial charge in [0.1, 0.15) is 0 Å². The first kappa shape index (κ1) is 12.0. The van der Waals surface area contributed by atoms with Gasteiger partial charge >= 0.3 is 0 Å². The summed E-state index contributed by atoms with van der Waals surface area (Å²) >= 11 is 0. The number of aliphatic hydroxyl groups excluding tert-OH is 1. The molecule has 4 fully saturated rings. The summed E-state index contributed by atoms with van der Waals surface area (Å²) in [5.41, 5.74) is 0.324. The van der Waals surface area contributed by atoms with Crippen LogP contribution in [0.1, 0.15) is 44.9 Å². The third-order valence-corrected chi connectivity index (χ3v) is 5.68. The summed E-state index contributed by atoms with van der Waals surface area (Å²) < 4.78 is 0. The van der Waals surface area contributed by atoms with Gasteiger partial charge in [-0.05, 0) is 88.8 Å². The topological polar surface area (TPSA) is 23.5 Å². The van der Waals surface area contributed by atoms with E-state index in [1.165, 1.54) is 51.5 Å². The van der Waals surface area contributed by atoms with Crippen LogP contribution < -0.4 is 0 Å². The van der Waals surface area contributed by atoms with Crippen molar-refractivity contribution >= 4 is 0 Å². The van der Waals surface area contributed by atoms with E-state index >= 15 is 0 Å². The van der Waals surface area contributed by atoms with Gasteiger partial charge in [0.15, 0.2) is 0 Å². The Morgan fingerprint density at radius 1 is 1.12 bits per heavy atom. The molecule has 3 unspecified atom stereocenters. The first-order valence-corrected chi connectivity index (χ1v) is 7.42. The Morgan fingerprint density at radius 2 is 1.76 bits per heavy atom. The van der Waals surface area contributed by atoms with E-state index in [0.29, 0.717) is 11.3 Å². The van der Waals surface area contributed by atoms with E-state index < -0.39 is 0 Å². The van der Waals surface area contributed by atoms with Crippen molar-refractivity contribution in [2.45, 2.75) is 51.0 Å². The van der Waals surface area contributed by atoms with Crippen molar-refractivity contribution in [2.24, 2.45) is 23.2 Å². The lowest BCUT2D eigenvalue weighted by atomic mass is 9.47. The standard InChI is InChI=1S/C15H27NO/c1-16(2)5-3-4-15-9-11-6-12(10-15)8-13(7-11)14(15)17/h11-14,17H,3-10H2,1-2H3. The molecule has 0 spiro atoms. The Morgan fingerprint density at radius 3 is 2.35 bits per heavy atom. The van der Waals surface area contributed by atoms with Crippen molar-refractivity contribution in [3.05, 3.63) is 0 Å². The molecule has 2 heteroatoms. The molecule has 2 nitrogen and oxygen atoms in total. The summed E-state index contributed by atoms with van der Waals surface area (Å²) in [7, 11) is 4.30. The van der Waals surface area contributed by atoms with Crippen molar-refractivity contribution in [2.75, 3.05) is 20.6 Å². The second-order valence-electron chi connectivity index (χ2n) is 7.32. The first-order chi connectivity index (χ1) is 8.09. The molecule has 4 rings (SSSR count). The Bertz CT molecular complexity index is 275. The quantitative estimate of drug-likeness (QED) is 0.812. The van der Waals surface area contributed by atoms with E-state index in [1.807, 2.05) is 0 Å². The largest absolute Gasteiger partial charge is 0.392 e. The smallest absolute Gasteiger partial charge is 0.0624 e. The van der Waals surface area contributed by atoms with E-state index in [0.717, 1.165) is 11.8 Å². The molecule has 0 aromatic rings. The van der Waals surface area contributed by atoms with Crippen molar-refractivity contribution in [3.8, 4) is 0 Å². The predicted molar refractivity (Wildman–Crippen MR) is 69.8 cm³/mol. The van der Waals surface area contributed by atoms with Crippen LogP contribution in [-0.4, -0.2) is 36.8 Å². The maximum Gasteiger partial charge on any atom is 0.0624 e. The molecule has 0 saturated heterocycles. The van der Waals surface area contributed by atoms with E-state index in [1.54, 1.807) is 0 Å². The zero-order chi connectivity index (χ0) is 12.0. The van der Waals surface area contributed by atoms with Crippen LogP contribution in [0.2, 0.25) is 0 Å². The fourth-order valence-corrected chi connectivity index (χ4v) is 5.28. The molecule has 0 radical (unpaired) electrons. The van der Waals surface area contributed by atoms with Crippen LogP contribution in [0.3, 0.4) is 0 Å². The van der Waals surface area contributed by atoms with E-state index in [4.69, 9.17) is 0 Å². The van der Waals surface area contributed by atoms with E-state index in [9.17, 15) is 5.11 Å². The lowest BCUT2D eigenvalue weighted by molar-refractivity contribution is -0.159. The normalized spacial score (nSPS) is 48.0. The fourth-order valence-electron chi connectivity index (χ4n) is 5.28. The lowest BCUT2D eigenvalue weighted by Gasteiger charge is -2.60. The van der Waals surface area contributed by atoms with Crippen LogP contribution >= 0.6 is 0 Å². The predicted octanol–water partition coefficient (Wildman–Crippen LogP) is 2.52. The maximum atomic E-state index is 10.6. The molecule has 0 aliphatic heterocycles. The fraction of sp³-hybridized carbons (Fsp3) is 1.00. The molecule has 98 valence electrons. The van der Waals surface area contributed by atoms with Crippen LogP contribution in [0.25, 0.3) is 0 Å². The summed E-state index contributed by atoms with van der Waals surface area (Å²) in [5.74, 6) is 2.56. The minimum absolute atomic E-state index is 0.0254. The summed E-state index contributed by atoms with van der Waals surface area (Å²) in [6.45, 7) is 1.18. The minimum Gasteiger partial charge on any atom is -0.392 e. The van der Waals surface area contributed by atoms with Gasteiger partial charge in [0.05, 0.1) is 6.10 Å². The summed E-state index contributed by atoms with van der Waals surface area (Å²) in [5, 5.41) is 10.6. The molecule has 1 N–H and O–H groups in total. The molecule has 0 aromatic heterocycles. The zero-order valence-corrected chi connectivity index (χ0v) is 11.4. The second-order valence-corrected chi connectivity index (χ2v) is 7.32. The van der Waals surface area contributed by atoms with Gasteiger partial charge in [0, 0.05) is 0 Å². The molecule has 4 aliphatic rings. The highest BCUT2D eigenvalue weighted by atomic mass is 16.3. The molecule has 3 atom stereocenters. The Labute approximate surface area is 105 Å². The van der Waals surface area contributed by atoms with Crippen LogP contribution in [0.4, 0.5) is 0 Å². The minimum atomic E-state index is 0.0254. The number of rotatable bonds is 4. The van der Waals surface area contributed by atoms with Crippen LogP contribution in [0, 0.1) is 23.2 Å². The van der Waals surface area contributed by atoms with Crippen LogP contribution in [-0.2, 0) is 0 Å². The van der Waals surface area contributed by atoms with Gasteiger partial charge in [0.2, 0.25) is 0 Å². The van der Waals surface area contributed by atoms with Crippen molar-refractivity contribution in [1.82, 2.24) is 4.90 Å². The summed E-state index contributed by atoms with van der Waals surface area (Å²) in [6, 6.07) is 0. The molecule has 4 bridgehead atoms. The third-order valence-electron chi connectivity index (χ3n) is 5.68. The first-order valence-electron chi connectivity index (χ1n) is 7.42. The zero-order valence-electron chi connectivity index (χ0n) is 11.4. The molecule has 4 saturated carbocycles. The average Bonchev–Trinajstić information content (AvgIpc) is 2.24. The Kier molecular flexibility index (Phi) is 2.99. The molecule has 0 amide bonds. The highest BCUT2D eigenvalue weighted by molar-refractivity contribution is 5.06. The number of hydrogen-bond donors (Lipinski definition) is 1. The van der Waals surface area contributed by atoms with Gasteiger partial charge in [0.25, 0.3) is 0 Å². The highest BCUT2D eigenvalue weighted by Crippen LogP contribution is 2.61. The lowest BCUT2D eigenvalue weighted by Crippen LogP contribution is -2.55. The van der Waals surface area contributed by atoms with Gasteiger partial charge in [-0.15, -0.1) is 0 Å². The molecule has 4 aliphatic carbocycles. The van der Waals surface area contributed by atoms with E-state index in [-0.39, 0.29) is 6.10 Å². The SMILES string of the molecule is CN(C)CCCC12CC3CC(CC(C3)C1O)C2. The molecular weight excluding hydrogens is 210 g/mol. The third kappa shape index (κ3) is 2.04. The molecule has 0 aromatic carbocycles. The highest BCUT2D eigenvalue weighted by Gasteiger charge is 2.55. The van der Waals surface area contributed by atoms with Gasteiger partial charge in [-0.2, -0.15) is 0 Å². The van der Waals surface area contributed by atoms with Gasteiger partial charge in [-0.25, -0.2) is 0 Å². The van der Waals surface area contributed by atoms with Crippen molar-refractivity contribution in [1.29, 1.82) is 0 Å². The Hall–Kier alpha value is -0.0800. The maximum absolute atomic E-state index is 10.6. The Balaban J connectivity index is 1.68. The summed E-state index contributed by atoms with van der Waals surface area (Å²) in [6.07, 6.45) is 9.33. The number of hydrogen-bond acceptors (Lipinski definition) is 2. The average molecular weight is 237 g/mol. The van der Waals surface area contributed by atoms with Gasteiger partial charge in [-0.1, -0.05) is 0 Å². The van der Waals surface area contributed by atoms with Crippen molar-refractivity contribution in [3.63, 3.8) is 0 Å². The van der Waals surface area contributed by atoms with Crippen molar-refractivity contribution < 1.29 is 5.11 Å². The number of aliphatic hydroxyl groups is 1.